The third kappa shape index (κ3) is 4.66. The van der Waals surface area contributed by atoms with Gasteiger partial charge in [-0.2, -0.15) is 13.2 Å². The minimum Gasteiger partial charge on any atom is -0.373 e. The van der Waals surface area contributed by atoms with Gasteiger partial charge in [-0.15, -0.1) is 0 Å². The maximum Gasteiger partial charge on any atom is 0.416 e. The van der Waals surface area contributed by atoms with Crippen LogP contribution in [0.15, 0.2) is 60.7 Å². The largest absolute Gasteiger partial charge is 0.416 e. The first-order valence-corrected chi connectivity index (χ1v) is 9.61. The Bertz CT molecular complexity index is 917. The molecule has 5 nitrogen and oxygen atoms in total. The highest BCUT2D eigenvalue weighted by Crippen LogP contribution is 2.33. The molecular formula is C22H21F3N2O3. The standard InChI is InChI=1S/C22H21F3N2O3/c23-22(24,25)16-7-4-8-17(11-16)26-21(28)27-18-13-30-19-15(12-29-20(18)19)10-9-14-5-2-1-3-6-14/h1-11,15,18-20H,12-13H2,(H2,26,27,28)/b10-9-/t15-,18-,19+,20+/m0/s1. The zero-order valence-electron chi connectivity index (χ0n) is 15.9. The van der Waals surface area contributed by atoms with Gasteiger partial charge >= 0.3 is 12.2 Å². The summed E-state index contributed by atoms with van der Waals surface area (Å²) < 4.78 is 50.1. The summed E-state index contributed by atoms with van der Waals surface area (Å²) >= 11 is 0. The molecule has 30 heavy (non-hydrogen) atoms. The van der Waals surface area contributed by atoms with Crippen LogP contribution < -0.4 is 10.6 Å². The first-order valence-electron chi connectivity index (χ1n) is 9.61. The van der Waals surface area contributed by atoms with Gasteiger partial charge in [0.05, 0.1) is 30.9 Å². The van der Waals surface area contributed by atoms with Crippen LogP contribution in [-0.2, 0) is 15.7 Å². The van der Waals surface area contributed by atoms with Crippen LogP contribution in [0.1, 0.15) is 11.1 Å². The molecular weight excluding hydrogens is 397 g/mol. The monoisotopic (exact) mass is 418 g/mol. The Morgan fingerprint density at radius 3 is 2.53 bits per heavy atom. The zero-order chi connectivity index (χ0) is 21.1. The fourth-order valence-electron chi connectivity index (χ4n) is 3.73. The van der Waals surface area contributed by atoms with E-state index in [1.165, 1.54) is 12.1 Å². The summed E-state index contributed by atoms with van der Waals surface area (Å²) in [6.45, 7) is 0.757. The van der Waals surface area contributed by atoms with Gasteiger partial charge in [0.1, 0.15) is 6.10 Å². The lowest BCUT2D eigenvalue weighted by molar-refractivity contribution is -0.137. The third-order valence-corrected chi connectivity index (χ3v) is 5.19. The van der Waals surface area contributed by atoms with E-state index < -0.39 is 17.8 Å². The number of anilines is 1. The number of ether oxygens (including phenoxy) is 2. The highest BCUT2D eigenvalue weighted by Gasteiger charge is 2.47. The van der Waals surface area contributed by atoms with Crippen molar-refractivity contribution in [1.82, 2.24) is 5.32 Å². The second-order valence-corrected chi connectivity index (χ2v) is 7.31. The Labute approximate surface area is 171 Å². The Morgan fingerprint density at radius 1 is 1.00 bits per heavy atom. The maximum atomic E-state index is 12.8. The molecule has 4 rings (SSSR count). The molecule has 0 saturated carbocycles. The molecule has 2 aliphatic heterocycles. The van der Waals surface area contributed by atoms with Crippen LogP contribution >= 0.6 is 0 Å². The summed E-state index contributed by atoms with van der Waals surface area (Å²) in [5, 5.41) is 5.19. The van der Waals surface area contributed by atoms with Crippen molar-refractivity contribution in [2.75, 3.05) is 18.5 Å². The molecule has 0 radical (unpaired) electrons. The molecule has 0 bridgehead atoms. The number of fused-ring (bicyclic) bond motifs is 1. The van der Waals surface area contributed by atoms with E-state index in [1.807, 2.05) is 42.5 Å². The molecule has 2 heterocycles. The van der Waals surface area contributed by atoms with Gasteiger partial charge in [0.15, 0.2) is 0 Å². The number of nitrogens with one attached hydrogen (secondary N) is 2. The van der Waals surface area contributed by atoms with E-state index >= 15 is 0 Å². The molecule has 8 heteroatoms. The number of carbonyl (C=O) groups is 1. The average molecular weight is 418 g/mol. The summed E-state index contributed by atoms with van der Waals surface area (Å²) in [5.74, 6) is 0.0635. The second kappa shape index (κ2) is 8.49. The summed E-state index contributed by atoms with van der Waals surface area (Å²) in [5.41, 5.74) is 0.319. The van der Waals surface area contributed by atoms with Gasteiger partial charge in [0.25, 0.3) is 0 Å². The molecule has 158 valence electrons. The van der Waals surface area contributed by atoms with Crippen molar-refractivity contribution in [2.24, 2.45) is 5.92 Å². The zero-order valence-corrected chi connectivity index (χ0v) is 15.9. The molecule has 2 saturated heterocycles. The molecule has 2 amide bonds. The van der Waals surface area contributed by atoms with Crippen molar-refractivity contribution >= 4 is 17.8 Å². The second-order valence-electron chi connectivity index (χ2n) is 7.31. The Balaban J connectivity index is 1.33. The highest BCUT2D eigenvalue weighted by molar-refractivity contribution is 5.89. The molecule has 2 aromatic rings. The quantitative estimate of drug-likeness (QED) is 0.778. The van der Waals surface area contributed by atoms with Crippen LogP contribution in [0.4, 0.5) is 23.7 Å². The van der Waals surface area contributed by atoms with Gasteiger partial charge in [-0.1, -0.05) is 48.6 Å². The van der Waals surface area contributed by atoms with Crippen molar-refractivity contribution < 1.29 is 27.4 Å². The lowest BCUT2D eigenvalue weighted by Gasteiger charge is -2.18. The van der Waals surface area contributed by atoms with E-state index in [0.29, 0.717) is 6.61 Å². The average Bonchev–Trinajstić information content (AvgIpc) is 3.30. The summed E-state index contributed by atoms with van der Waals surface area (Å²) in [7, 11) is 0. The fraction of sp³-hybridized carbons (Fsp3) is 0.318. The summed E-state index contributed by atoms with van der Waals surface area (Å²) in [6.07, 6.45) is -0.890. The number of halogens is 3. The van der Waals surface area contributed by atoms with Crippen LogP contribution in [0, 0.1) is 5.92 Å². The van der Waals surface area contributed by atoms with E-state index in [0.717, 1.165) is 17.7 Å². The maximum absolute atomic E-state index is 12.8. The van der Waals surface area contributed by atoms with Gasteiger partial charge < -0.3 is 20.1 Å². The summed E-state index contributed by atoms with van der Waals surface area (Å²) in [4.78, 5) is 12.3. The molecule has 2 aliphatic rings. The van der Waals surface area contributed by atoms with Crippen LogP contribution in [0.5, 0.6) is 0 Å². The van der Waals surface area contributed by atoms with Gasteiger partial charge in [0.2, 0.25) is 0 Å². The van der Waals surface area contributed by atoms with Gasteiger partial charge in [0, 0.05) is 11.6 Å². The number of amides is 2. The van der Waals surface area contributed by atoms with Crippen molar-refractivity contribution in [3.63, 3.8) is 0 Å². The highest BCUT2D eigenvalue weighted by atomic mass is 19.4. The number of benzene rings is 2. The SMILES string of the molecule is O=C(Nc1cccc(C(F)(F)F)c1)N[C@H]1CO[C@H]2[C@@H]1OC[C@@H]2/C=C\c1ccccc1. The molecule has 4 atom stereocenters. The predicted molar refractivity (Wildman–Crippen MR) is 106 cm³/mol. The van der Waals surface area contributed by atoms with E-state index in [2.05, 4.69) is 10.6 Å². The molecule has 0 aromatic heterocycles. The number of carbonyl (C=O) groups excluding carboxylic acids is 1. The minimum atomic E-state index is -4.47. The molecule has 0 aliphatic carbocycles. The smallest absolute Gasteiger partial charge is 0.373 e. The number of alkyl halides is 3. The lowest BCUT2D eigenvalue weighted by atomic mass is 9.99. The van der Waals surface area contributed by atoms with Crippen molar-refractivity contribution in [2.45, 2.75) is 24.4 Å². The first-order chi connectivity index (χ1) is 14.4. The molecule has 2 fully saturated rings. The first kappa shape index (κ1) is 20.4. The van der Waals surface area contributed by atoms with Gasteiger partial charge in [-0.3, -0.25) is 0 Å². The van der Waals surface area contributed by atoms with Crippen molar-refractivity contribution in [1.29, 1.82) is 0 Å². The van der Waals surface area contributed by atoms with Crippen molar-refractivity contribution in [3.05, 3.63) is 71.8 Å². The predicted octanol–water partition coefficient (Wildman–Crippen LogP) is 4.32. The van der Waals surface area contributed by atoms with Crippen LogP contribution in [0.25, 0.3) is 6.08 Å². The fourth-order valence-corrected chi connectivity index (χ4v) is 3.73. The van der Waals surface area contributed by atoms with E-state index in [1.54, 1.807) is 0 Å². The molecule has 2 aromatic carbocycles. The normalized spacial score (nSPS) is 26.0. The number of rotatable bonds is 4. The summed E-state index contributed by atoms with van der Waals surface area (Å²) in [6, 6.07) is 13.4. The topological polar surface area (TPSA) is 59.6 Å². The van der Waals surface area contributed by atoms with Gasteiger partial charge in [-0.25, -0.2) is 4.79 Å². The van der Waals surface area contributed by atoms with Crippen molar-refractivity contribution in [3.8, 4) is 0 Å². The minimum absolute atomic E-state index is 0.0635. The van der Waals surface area contributed by atoms with E-state index in [9.17, 15) is 18.0 Å². The Hall–Kier alpha value is -2.84. The molecule has 2 N–H and O–H groups in total. The number of hydrogen-bond acceptors (Lipinski definition) is 3. The molecule has 0 unspecified atom stereocenters. The lowest BCUT2D eigenvalue weighted by Crippen LogP contribution is -2.45. The van der Waals surface area contributed by atoms with Crippen LogP contribution in [0.3, 0.4) is 0 Å². The van der Waals surface area contributed by atoms with Gasteiger partial charge in [-0.05, 0) is 23.8 Å². The van der Waals surface area contributed by atoms with Crippen LogP contribution in [0.2, 0.25) is 0 Å². The van der Waals surface area contributed by atoms with Crippen LogP contribution in [-0.4, -0.2) is 37.5 Å². The van der Waals surface area contributed by atoms with E-state index in [-0.39, 0.29) is 36.5 Å². The Morgan fingerprint density at radius 2 is 1.77 bits per heavy atom. The molecule has 0 spiro atoms. The Kier molecular flexibility index (Phi) is 5.78. The number of hydrogen-bond donors (Lipinski definition) is 2. The number of urea groups is 1. The van der Waals surface area contributed by atoms with E-state index in [4.69, 9.17) is 9.47 Å². The third-order valence-electron chi connectivity index (χ3n) is 5.19.